The zero-order chi connectivity index (χ0) is 21.0. The molecule has 9 heteroatoms. The van der Waals surface area contributed by atoms with Gasteiger partial charge in [0.2, 0.25) is 0 Å². The maximum absolute atomic E-state index is 12.9. The molecule has 29 heavy (non-hydrogen) atoms. The molecule has 0 aromatic heterocycles. The number of nitrogens with zero attached hydrogens (tertiary/aromatic N) is 4. The number of nitro groups is 1. The minimum atomic E-state index is -0.526. The van der Waals surface area contributed by atoms with E-state index in [2.05, 4.69) is 15.2 Å². The zero-order valence-corrected chi connectivity index (χ0v) is 16.6. The van der Waals surface area contributed by atoms with E-state index in [9.17, 15) is 14.9 Å². The van der Waals surface area contributed by atoms with Gasteiger partial charge in [-0.15, -0.1) is 0 Å². The molecule has 1 fully saturated rings. The summed E-state index contributed by atoms with van der Waals surface area (Å²) in [6.07, 6.45) is 0. The van der Waals surface area contributed by atoms with E-state index >= 15 is 0 Å². The number of likely N-dealkylation sites (N-methyl/N-ethyl adjacent to an activating group) is 2. The molecule has 0 unspecified atom stereocenters. The summed E-state index contributed by atoms with van der Waals surface area (Å²) in [4.78, 5) is 32.4. The van der Waals surface area contributed by atoms with Crippen LogP contribution in [-0.2, 0) is 0 Å². The van der Waals surface area contributed by atoms with Crippen molar-refractivity contribution >= 4 is 28.8 Å². The molecule has 1 aliphatic rings. The van der Waals surface area contributed by atoms with E-state index in [0.29, 0.717) is 23.7 Å². The Hall–Kier alpha value is -3.46. The number of rotatable bonds is 5. The molecule has 2 aromatic rings. The third-order valence-electron chi connectivity index (χ3n) is 4.70. The first-order valence-corrected chi connectivity index (χ1v) is 9.08. The Labute approximate surface area is 168 Å². The van der Waals surface area contributed by atoms with Crippen molar-refractivity contribution in [3.63, 3.8) is 0 Å². The number of aliphatic imine (C=N–C) groups is 1. The molecule has 1 aliphatic heterocycles. The highest BCUT2D eigenvalue weighted by Gasteiger charge is 2.20. The molecule has 9 nitrogen and oxygen atoms in total. The van der Waals surface area contributed by atoms with Gasteiger partial charge in [-0.3, -0.25) is 19.8 Å². The molecule has 1 saturated heterocycles. The second-order valence-corrected chi connectivity index (χ2v) is 6.83. The molecule has 1 N–H and O–H groups in total. The number of piperazine rings is 1. The first kappa shape index (κ1) is 20.3. The SMILES string of the molecule is COc1ccc(NC(=O)c2cc([N+](=O)[O-])ccc2N=C2CN(C)CCN2C)cc1. The number of nitrogens with one attached hydrogen (secondary N) is 1. The Bertz CT molecular complexity index is 942. The molecular weight excluding hydrogens is 374 g/mol. The van der Waals surface area contributed by atoms with Gasteiger partial charge >= 0.3 is 0 Å². The van der Waals surface area contributed by atoms with E-state index in [4.69, 9.17) is 4.74 Å². The first-order chi connectivity index (χ1) is 13.9. The Morgan fingerprint density at radius 2 is 1.90 bits per heavy atom. The molecule has 1 amide bonds. The second kappa shape index (κ2) is 8.70. The smallest absolute Gasteiger partial charge is 0.270 e. The van der Waals surface area contributed by atoms with Crippen molar-refractivity contribution in [2.45, 2.75) is 0 Å². The summed E-state index contributed by atoms with van der Waals surface area (Å²) in [5, 5.41) is 14.0. The largest absolute Gasteiger partial charge is 0.497 e. The quantitative estimate of drug-likeness (QED) is 0.615. The van der Waals surface area contributed by atoms with Crippen molar-refractivity contribution in [3.8, 4) is 5.75 Å². The maximum atomic E-state index is 12.9. The predicted molar refractivity (Wildman–Crippen MR) is 111 cm³/mol. The van der Waals surface area contributed by atoms with Gasteiger partial charge in [0, 0.05) is 38.0 Å². The number of carbonyl (C=O) groups excluding carboxylic acids is 1. The summed E-state index contributed by atoms with van der Waals surface area (Å²) in [6.45, 7) is 2.36. The van der Waals surface area contributed by atoms with Crippen LogP contribution in [0.4, 0.5) is 17.1 Å². The summed E-state index contributed by atoms with van der Waals surface area (Å²) in [5.74, 6) is 0.992. The summed E-state index contributed by atoms with van der Waals surface area (Å²) < 4.78 is 5.11. The van der Waals surface area contributed by atoms with Crippen LogP contribution in [0, 0.1) is 10.1 Å². The zero-order valence-electron chi connectivity index (χ0n) is 16.6. The summed E-state index contributed by atoms with van der Waals surface area (Å²) >= 11 is 0. The third kappa shape index (κ3) is 4.88. The Balaban J connectivity index is 1.94. The molecule has 0 radical (unpaired) electrons. The average molecular weight is 397 g/mol. The Morgan fingerprint density at radius 1 is 1.17 bits per heavy atom. The predicted octanol–water partition coefficient (Wildman–Crippen LogP) is 2.76. The third-order valence-corrected chi connectivity index (χ3v) is 4.70. The molecule has 0 bridgehead atoms. The van der Waals surface area contributed by atoms with Gasteiger partial charge in [0.15, 0.2) is 0 Å². The molecule has 0 spiro atoms. The summed E-state index contributed by atoms with van der Waals surface area (Å²) in [5.41, 5.74) is 0.918. The Kier molecular flexibility index (Phi) is 6.08. The second-order valence-electron chi connectivity index (χ2n) is 6.83. The average Bonchev–Trinajstić information content (AvgIpc) is 2.71. The van der Waals surface area contributed by atoms with E-state index in [-0.39, 0.29) is 11.3 Å². The van der Waals surface area contributed by atoms with Crippen LogP contribution in [0.3, 0.4) is 0 Å². The lowest BCUT2D eigenvalue weighted by atomic mass is 10.1. The van der Waals surface area contributed by atoms with Crippen LogP contribution in [0.1, 0.15) is 10.4 Å². The van der Waals surface area contributed by atoms with Gasteiger partial charge in [0.1, 0.15) is 11.6 Å². The van der Waals surface area contributed by atoms with Crippen LogP contribution in [0.15, 0.2) is 47.5 Å². The van der Waals surface area contributed by atoms with Crippen molar-refractivity contribution in [2.24, 2.45) is 4.99 Å². The molecule has 152 valence electrons. The fraction of sp³-hybridized carbons (Fsp3) is 0.300. The number of carbonyl (C=O) groups is 1. The van der Waals surface area contributed by atoms with Crippen LogP contribution in [0.5, 0.6) is 5.75 Å². The molecule has 2 aromatic carbocycles. The summed E-state index contributed by atoms with van der Waals surface area (Å²) in [7, 11) is 5.49. The van der Waals surface area contributed by atoms with Gasteiger partial charge in [-0.25, -0.2) is 4.99 Å². The standard InChI is InChI=1S/C20H23N5O4/c1-23-10-11-24(2)19(13-23)22-18-9-6-15(25(27)28)12-17(18)20(26)21-14-4-7-16(29-3)8-5-14/h4-9,12H,10-11,13H2,1-3H3,(H,21,26). The lowest BCUT2D eigenvalue weighted by Crippen LogP contribution is -2.46. The van der Waals surface area contributed by atoms with Gasteiger partial charge in [-0.2, -0.15) is 0 Å². The van der Waals surface area contributed by atoms with Crippen molar-refractivity contribution < 1.29 is 14.5 Å². The number of methoxy groups -OCH3 is 1. The lowest BCUT2D eigenvalue weighted by molar-refractivity contribution is -0.384. The molecule has 0 aliphatic carbocycles. The minimum absolute atomic E-state index is 0.143. The van der Waals surface area contributed by atoms with Crippen molar-refractivity contribution in [1.82, 2.24) is 9.80 Å². The molecular formula is C20H23N5O4. The van der Waals surface area contributed by atoms with Crippen LogP contribution < -0.4 is 10.1 Å². The highest BCUT2D eigenvalue weighted by molar-refractivity contribution is 6.08. The van der Waals surface area contributed by atoms with Crippen molar-refractivity contribution in [2.75, 3.05) is 46.2 Å². The Morgan fingerprint density at radius 3 is 2.55 bits per heavy atom. The van der Waals surface area contributed by atoms with Gasteiger partial charge in [0.25, 0.3) is 11.6 Å². The molecule has 0 atom stereocenters. The maximum Gasteiger partial charge on any atom is 0.270 e. The number of hydrogen-bond acceptors (Lipinski definition) is 6. The fourth-order valence-corrected chi connectivity index (χ4v) is 2.94. The number of amidine groups is 1. The number of nitro benzene ring substituents is 1. The van der Waals surface area contributed by atoms with E-state index in [0.717, 1.165) is 18.9 Å². The van der Waals surface area contributed by atoms with E-state index in [1.165, 1.54) is 18.2 Å². The van der Waals surface area contributed by atoms with E-state index < -0.39 is 10.8 Å². The van der Waals surface area contributed by atoms with Crippen molar-refractivity contribution in [1.29, 1.82) is 0 Å². The van der Waals surface area contributed by atoms with Gasteiger partial charge in [-0.05, 0) is 37.4 Å². The monoisotopic (exact) mass is 397 g/mol. The van der Waals surface area contributed by atoms with Crippen LogP contribution in [0.25, 0.3) is 0 Å². The number of anilines is 1. The van der Waals surface area contributed by atoms with E-state index in [1.807, 2.05) is 19.0 Å². The van der Waals surface area contributed by atoms with Gasteiger partial charge < -0.3 is 15.0 Å². The fourth-order valence-electron chi connectivity index (χ4n) is 2.94. The number of amides is 1. The highest BCUT2D eigenvalue weighted by Crippen LogP contribution is 2.27. The minimum Gasteiger partial charge on any atom is -0.497 e. The number of non-ortho nitro benzene ring substituents is 1. The van der Waals surface area contributed by atoms with Gasteiger partial charge in [-0.1, -0.05) is 0 Å². The van der Waals surface area contributed by atoms with Gasteiger partial charge in [0.05, 0.1) is 29.8 Å². The van der Waals surface area contributed by atoms with Crippen LogP contribution >= 0.6 is 0 Å². The molecule has 0 saturated carbocycles. The normalized spacial score (nSPS) is 16.0. The lowest BCUT2D eigenvalue weighted by Gasteiger charge is -2.32. The number of hydrogen-bond donors (Lipinski definition) is 1. The van der Waals surface area contributed by atoms with Crippen LogP contribution in [-0.4, -0.2) is 67.3 Å². The van der Waals surface area contributed by atoms with Crippen molar-refractivity contribution in [3.05, 3.63) is 58.1 Å². The summed E-state index contributed by atoms with van der Waals surface area (Å²) in [6, 6.07) is 11.0. The topological polar surface area (TPSA) is 100 Å². The number of ether oxygens (including phenoxy) is 1. The highest BCUT2D eigenvalue weighted by atomic mass is 16.6. The first-order valence-electron chi connectivity index (χ1n) is 9.08. The number of benzene rings is 2. The van der Waals surface area contributed by atoms with Crippen LogP contribution in [0.2, 0.25) is 0 Å². The molecule has 1 heterocycles. The van der Waals surface area contributed by atoms with E-state index in [1.54, 1.807) is 31.4 Å². The molecule has 3 rings (SSSR count).